The molecule has 0 fully saturated rings. The fourth-order valence-corrected chi connectivity index (χ4v) is 2.93. The van der Waals surface area contributed by atoms with Crippen LogP contribution in [0.2, 0.25) is 0 Å². The molecule has 0 aromatic heterocycles. The second kappa shape index (κ2) is 9.43. The first-order valence-corrected chi connectivity index (χ1v) is 9.04. The number of rotatable bonds is 7. The Labute approximate surface area is 147 Å². The molecule has 0 aliphatic heterocycles. The van der Waals surface area contributed by atoms with Gasteiger partial charge in [0.2, 0.25) is 0 Å². The number of anilines is 1. The van der Waals surface area contributed by atoms with E-state index >= 15 is 0 Å². The van der Waals surface area contributed by atoms with Gasteiger partial charge in [0.25, 0.3) is 0 Å². The molecule has 122 valence electrons. The van der Waals surface area contributed by atoms with E-state index in [9.17, 15) is 0 Å². The zero-order valence-electron chi connectivity index (χ0n) is 13.5. The lowest BCUT2D eigenvalue weighted by atomic mass is 10.2. The summed E-state index contributed by atoms with van der Waals surface area (Å²) in [4.78, 5) is 1.28. The Hall–Kier alpha value is -1.72. The van der Waals surface area contributed by atoms with Gasteiger partial charge in [-0.2, -0.15) is 0 Å². The van der Waals surface area contributed by atoms with Gasteiger partial charge in [-0.1, -0.05) is 17.7 Å². The van der Waals surface area contributed by atoms with Crippen LogP contribution in [-0.2, 0) is 0 Å². The maximum absolute atomic E-state index is 5.42. The van der Waals surface area contributed by atoms with E-state index in [1.165, 1.54) is 10.5 Å². The Bertz CT molecular complexity index is 612. The molecule has 23 heavy (non-hydrogen) atoms. The third-order valence-electron chi connectivity index (χ3n) is 3.10. The normalized spacial score (nSPS) is 10.2. The molecule has 0 atom stereocenters. The van der Waals surface area contributed by atoms with Gasteiger partial charge in [0, 0.05) is 22.9 Å². The van der Waals surface area contributed by atoms with Crippen molar-refractivity contribution in [2.24, 2.45) is 0 Å². The number of nitrogens with one attached hydrogen (secondary N) is 2. The van der Waals surface area contributed by atoms with Gasteiger partial charge in [-0.05, 0) is 62.5 Å². The van der Waals surface area contributed by atoms with E-state index in [4.69, 9.17) is 17.0 Å². The number of thiocarbonyl (C=S) groups is 1. The largest absolute Gasteiger partial charge is 0.494 e. The standard InChI is InChI=1S/C18H22N2OS2/c1-3-21-16-8-6-15(7-9-16)20-18(22)19-12-13-23-17-10-4-14(2)5-11-17/h4-11H,3,12-13H2,1-2H3,(H2,19,20,22). The minimum atomic E-state index is 0.638. The molecule has 0 saturated carbocycles. The van der Waals surface area contributed by atoms with E-state index in [1.807, 2.05) is 43.0 Å². The predicted molar refractivity (Wildman–Crippen MR) is 104 cm³/mol. The van der Waals surface area contributed by atoms with E-state index in [1.54, 1.807) is 0 Å². The minimum absolute atomic E-state index is 0.638. The number of hydrogen-bond acceptors (Lipinski definition) is 3. The van der Waals surface area contributed by atoms with Crippen LogP contribution in [0.5, 0.6) is 5.75 Å². The fraction of sp³-hybridized carbons (Fsp3) is 0.278. The number of ether oxygens (including phenoxy) is 1. The molecular weight excluding hydrogens is 324 g/mol. The zero-order chi connectivity index (χ0) is 16.5. The third kappa shape index (κ3) is 6.50. The minimum Gasteiger partial charge on any atom is -0.494 e. The summed E-state index contributed by atoms with van der Waals surface area (Å²) < 4.78 is 5.42. The molecule has 2 rings (SSSR count). The highest BCUT2D eigenvalue weighted by atomic mass is 32.2. The first-order valence-electron chi connectivity index (χ1n) is 7.64. The van der Waals surface area contributed by atoms with Crippen molar-refractivity contribution in [1.29, 1.82) is 0 Å². The van der Waals surface area contributed by atoms with Crippen molar-refractivity contribution < 1.29 is 4.74 Å². The van der Waals surface area contributed by atoms with Gasteiger partial charge >= 0.3 is 0 Å². The van der Waals surface area contributed by atoms with E-state index < -0.39 is 0 Å². The second-order valence-electron chi connectivity index (χ2n) is 5.00. The molecule has 3 nitrogen and oxygen atoms in total. The number of aryl methyl sites for hydroxylation is 1. The monoisotopic (exact) mass is 346 g/mol. The molecular formula is C18H22N2OS2. The van der Waals surface area contributed by atoms with E-state index in [0.29, 0.717) is 11.7 Å². The van der Waals surface area contributed by atoms with Crippen molar-refractivity contribution in [2.75, 3.05) is 24.2 Å². The summed E-state index contributed by atoms with van der Waals surface area (Å²) in [6.07, 6.45) is 0. The Morgan fingerprint density at radius 3 is 2.43 bits per heavy atom. The van der Waals surface area contributed by atoms with Crippen LogP contribution >= 0.6 is 24.0 Å². The molecule has 0 aliphatic carbocycles. The fourth-order valence-electron chi connectivity index (χ4n) is 1.94. The Balaban J connectivity index is 1.67. The van der Waals surface area contributed by atoms with Crippen LogP contribution < -0.4 is 15.4 Å². The number of thioether (sulfide) groups is 1. The van der Waals surface area contributed by atoms with Gasteiger partial charge in [-0.25, -0.2) is 0 Å². The molecule has 0 amide bonds. The SMILES string of the molecule is CCOc1ccc(NC(=S)NCCSc2ccc(C)cc2)cc1. The van der Waals surface area contributed by atoms with Gasteiger partial charge in [-0.15, -0.1) is 11.8 Å². The summed E-state index contributed by atoms with van der Waals surface area (Å²) in [7, 11) is 0. The lowest BCUT2D eigenvalue weighted by molar-refractivity contribution is 0.340. The highest BCUT2D eigenvalue weighted by Crippen LogP contribution is 2.18. The molecule has 0 radical (unpaired) electrons. The maximum Gasteiger partial charge on any atom is 0.170 e. The Morgan fingerprint density at radius 1 is 1.09 bits per heavy atom. The first kappa shape index (κ1) is 17.6. The Kier molecular flexibility index (Phi) is 7.23. The first-order chi connectivity index (χ1) is 11.2. The summed E-state index contributed by atoms with van der Waals surface area (Å²) in [5.41, 5.74) is 2.24. The van der Waals surface area contributed by atoms with E-state index in [0.717, 1.165) is 23.7 Å². The summed E-state index contributed by atoms with van der Waals surface area (Å²) in [6, 6.07) is 16.3. The quantitative estimate of drug-likeness (QED) is 0.439. The van der Waals surface area contributed by atoms with Crippen molar-refractivity contribution in [1.82, 2.24) is 5.32 Å². The van der Waals surface area contributed by atoms with Crippen LogP contribution in [0, 0.1) is 6.92 Å². The van der Waals surface area contributed by atoms with Crippen LogP contribution in [0.1, 0.15) is 12.5 Å². The maximum atomic E-state index is 5.42. The van der Waals surface area contributed by atoms with Crippen molar-refractivity contribution in [3.05, 3.63) is 54.1 Å². The van der Waals surface area contributed by atoms with Crippen molar-refractivity contribution in [3.63, 3.8) is 0 Å². The number of hydrogen-bond donors (Lipinski definition) is 2. The van der Waals surface area contributed by atoms with Crippen molar-refractivity contribution in [3.8, 4) is 5.75 Å². The third-order valence-corrected chi connectivity index (χ3v) is 4.36. The topological polar surface area (TPSA) is 33.3 Å². The van der Waals surface area contributed by atoms with E-state index in [-0.39, 0.29) is 0 Å². The predicted octanol–water partition coefficient (Wildman–Crippen LogP) is 4.47. The molecule has 0 aliphatic rings. The average Bonchev–Trinajstić information content (AvgIpc) is 2.55. The average molecular weight is 347 g/mol. The van der Waals surface area contributed by atoms with Crippen LogP contribution in [0.25, 0.3) is 0 Å². The van der Waals surface area contributed by atoms with Gasteiger partial charge in [0.15, 0.2) is 5.11 Å². The molecule has 0 bridgehead atoms. The highest BCUT2D eigenvalue weighted by Gasteiger charge is 1.99. The van der Waals surface area contributed by atoms with Crippen LogP contribution in [0.15, 0.2) is 53.4 Å². The molecule has 0 unspecified atom stereocenters. The molecule has 5 heteroatoms. The molecule has 2 aromatic carbocycles. The van der Waals surface area contributed by atoms with Gasteiger partial charge in [-0.3, -0.25) is 0 Å². The molecule has 2 aromatic rings. The van der Waals surface area contributed by atoms with Crippen LogP contribution in [0.3, 0.4) is 0 Å². The van der Waals surface area contributed by atoms with E-state index in [2.05, 4.69) is 41.8 Å². The summed E-state index contributed by atoms with van der Waals surface area (Å²) in [5.74, 6) is 1.83. The van der Waals surface area contributed by atoms with Gasteiger partial charge in [0.1, 0.15) is 5.75 Å². The molecule has 2 N–H and O–H groups in total. The van der Waals surface area contributed by atoms with Gasteiger partial charge < -0.3 is 15.4 Å². The zero-order valence-corrected chi connectivity index (χ0v) is 15.1. The highest BCUT2D eigenvalue weighted by molar-refractivity contribution is 7.99. The summed E-state index contributed by atoms with van der Waals surface area (Å²) >= 11 is 7.12. The summed E-state index contributed by atoms with van der Waals surface area (Å²) in [5, 5.41) is 7.03. The Morgan fingerprint density at radius 2 is 1.78 bits per heavy atom. The van der Waals surface area contributed by atoms with Crippen LogP contribution in [-0.4, -0.2) is 24.0 Å². The number of benzene rings is 2. The molecule has 0 saturated heterocycles. The lowest BCUT2D eigenvalue weighted by Gasteiger charge is -2.11. The van der Waals surface area contributed by atoms with Crippen molar-refractivity contribution in [2.45, 2.75) is 18.7 Å². The second-order valence-corrected chi connectivity index (χ2v) is 6.58. The lowest BCUT2D eigenvalue weighted by Crippen LogP contribution is -2.30. The van der Waals surface area contributed by atoms with Crippen molar-refractivity contribution >= 4 is 34.8 Å². The van der Waals surface area contributed by atoms with Crippen LogP contribution in [0.4, 0.5) is 5.69 Å². The molecule has 0 spiro atoms. The smallest absolute Gasteiger partial charge is 0.170 e. The van der Waals surface area contributed by atoms with Gasteiger partial charge in [0.05, 0.1) is 6.61 Å². The molecule has 0 heterocycles. The summed E-state index contributed by atoms with van der Waals surface area (Å²) in [6.45, 7) is 5.56.